The molecule has 1 saturated heterocycles. The van der Waals surface area contributed by atoms with E-state index in [1.807, 2.05) is 6.92 Å². The number of nitrogens with zero attached hydrogens (tertiary/aromatic N) is 1. The van der Waals surface area contributed by atoms with E-state index in [4.69, 9.17) is 4.74 Å². The minimum atomic E-state index is -0.697. The van der Waals surface area contributed by atoms with Crippen LogP contribution in [0.1, 0.15) is 31.7 Å². The summed E-state index contributed by atoms with van der Waals surface area (Å²) in [7, 11) is 0. The van der Waals surface area contributed by atoms with E-state index in [1.165, 1.54) is 6.07 Å². The van der Waals surface area contributed by atoms with E-state index in [0.29, 0.717) is 6.54 Å². The standard InChI is InChI=1S/C16H22F2N2O2.ClH/c1-2-10-20(12-6-8-19-9-7-12)16(21)22-11-13-14(17)4-3-5-15(13)18;/h3-5,12,19H,2,6-11H2,1H3;1H. The van der Waals surface area contributed by atoms with Crippen LogP contribution in [-0.2, 0) is 11.3 Å². The summed E-state index contributed by atoms with van der Waals surface area (Å²) in [4.78, 5) is 13.9. The molecule has 0 spiro atoms. The molecule has 1 fully saturated rings. The molecule has 23 heavy (non-hydrogen) atoms. The fourth-order valence-electron chi connectivity index (χ4n) is 2.67. The van der Waals surface area contributed by atoms with E-state index in [-0.39, 0.29) is 30.6 Å². The van der Waals surface area contributed by atoms with Crippen molar-refractivity contribution in [3.63, 3.8) is 0 Å². The average Bonchev–Trinajstić information content (AvgIpc) is 2.52. The first kappa shape index (κ1) is 19.6. The predicted molar refractivity (Wildman–Crippen MR) is 86.7 cm³/mol. The summed E-state index contributed by atoms with van der Waals surface area (Å²) in [5.41, 5.74) is -0.211. The second-order valence-electron chi connectivity index (χ2n) is 5.43. The predicted octanol–water partition coefficient (Wildman–Crippen LogP) is 3.49. The van der Waals surface area contributed by atoms with Crippen LogP contribution in [0.2, 0.25) is 0 Å². The molecule has 7 heteroatoms. The lowest BCUT2D eigenvalue weighted by atomic mass is 10.1. The van der Waals surface area contributed by atoms with Crippen molar-refractivity contribution in [2.75, 3.05) is 19.6 Å². The Morgan fingerprint density at radius 2 is 1.91 bits per heavy atom. The molecule has 0 saturated carbocycles. The molecule has 0 aromatic heterocycles. The Morgan fingerprint density at radius 1 is 1.30 bits per heavy atom. The molecule has 0 radical (unpaired) electrons. The molecule has 1 aromatic rings. The van der Waals surface area contributed by atoms with Gasteiger partial charge in [-0.15, -0.1) is 12.4 Å². The van der Waals surface area contributed by atoms with Gasteiger partial charge >= 0.3 is 6.09 Å². The normalized spacial score (nSPS) is 14.9. The lowest BCUT2D eigenvalue weighted by Gasteiger charge is -2.33. The van der Waals surface area contributed by atoms with Gasteiger partial charge in [-0.3, -0.25) is 0 Å². The first-order valence-corrected chi connectivity index (χ1v) is 7.70. The molecular formula is C16H23ClF2N2O2. The van der Waals surface area contributed by atoms with Gasteiger partial charge in [0.25, 0.3) is 0 Å². The third-order valence-corrected chi connectivity index (χ3v) is 3.85. The van der Waals surface area contributed by atoms with Crippen molar-refractivity contribution in [3.8, 4) is 0 Å². The zero-order valence-corrected chi connectivity index (χ0v) is 14.0. The van der Waals surface area contributed by atoms with Gasteiger partial charge < -0.3 is 15.0 Å². The Morgan fingerprint density at radius 3 is 2.48 bits per heavy atom. The van der Waals surface area contributed by atoms with Crippen molar-refractivity contribution >= 4 is 18.5 Å². The van der Waals surface area contributed by atoms with Gasteiger partial charge in [-0.05, 0) is 44.5 Å². The third-order valence-electron chi connectivity index (χ3n) is 3.85. The number of rotatable bonds is 5. The lowest BCUT2D eigenvalue weighted by molar-refractivity contribution is 0.0719. The molecule has 0 unspecified atom stereocenters. The second-order valence-corrected chi connectivity index (χ2v) is 5.43. The Bertz CT molecular complexity index is 491. The van der Waals surface area contributed by atoms with Crippen LogP contribution < -0.4 is 5.32 Å². The lowest BCUT2D eigenvalue weighted by Crippen LogP contribution is -2.46. The molecule has 1 N–H and O–H groups in total. The molecule has 1 aliphatic rings. The molecule has 1 amide bonds. The van der Waals surface area contributed by atoms with E-state index in [2.05, 4.69) is 5.32 Å². The number of ether oxygens (including phenoxy) is 1. The zero-order valence-electron chi connectivity index (χ0n) is 13.2. The number of amides is 1. The van der Waals surface area contributed by atoms with Crippen molar-refractivity contribution in [1.82, 2.24) is 10.2 Å². The van der Waals surface area contributed by atoms with Crippen LogP contribution in [0.15, 0.2) is 18.2 Å². The third kappa shape index (κ3) is 5.32. The first-order chi connectivity index (χ1) is 10.6. The SMILES string of the molecule is CCCN(C(=O)OCc1c(F)cccc1F)C1CCNCC1.Cl. The highest BCUT2D eigenvalue weighted by atomic mass is 35.5. The van der Waals surface area contributed by atoms with Crippen molar-refractivity contribution in [3.05, 3.63) is 35.4 Å². The van der Waals surface area contributed by atoms with Gasteiger partial charge in [0.15, 0.2) is 0 Å². The zero-order chi connectivity index (χ0) is 15.9. The highest BCUT2D eigenvalue weighted by Crippen LogP contribution is 2.17. The Hall–Kier alpha value is -1.40. The molecule has 4 nitrogen and oxygen atoms in total. The Kier molecular flexibility index (Phi) is 8.26. The maximum absolute atomic E-state index is 13.6. The summed E-state index contributed by atoms with van der Waals surface area (Å²) >= 11 is 0. The number of piperidine rings is 1. The number of carbonyl (C=O) groups excluding carboxylic acids is 1. The molecule has 1 aliphatic heterocycles. The van der Waals surface area contributed by atoms with Crippen LogP contribution in [0.4, 0.5) is 13.6 Å². The van der Waals surface area contributed by atoms with E-state index in [1.54, 1.807) is 4.90 Å². The summed E-state index contributed by atoms with van der Waals surface area (Å²) in [5, 5.41) is 3.25. The monoisotopic (exact) mass is 348 g/mol. The Labute approximate surface area is 141 Å². The number of carbonyl (C=O) groups is 1. The highest BCUT2D eigenvalue weighted by molar-refractivity contribution is 5.85. The fraction of sp³-hybridized carbons (Fsp3) is 0.562. The second kappa shape index (κ2) is 9.67. The van der Waals surface area contributed by atoms with Crippen molar-refractivity contribution in [2.45, 2.75) is 38.8 Å². The van der Waals surface area contributed by atoms with Gasteiger partial charge in [-0.25, -0.2) is 13.6 Å². The molecule has 1 aromatic carbocycles. The van der Waals surface area contributed by atoms with Gasteiger partial charge in [0.05, 0.1) is 5.56 Å². The van der Waals surface area contributed by atoms with Crippen LogP contribution >= 0.6 is 12.4 Å². The summed E-state index contributed by atoms with van der Waals surface area (Å²) in [5.74, 6) is -1.39. The average molecular weight is 349 g/mol. The smallest absolute Gasteiger partial charge is 0.410 e. The molecule has 1 heterocycles. The van der Waals surface area contributed by atoms with Crippen molar-refractivity contribution in [2.24, 2.45) is 0 Å². The molecule has 0 aliphatic carbocycles. The van der Waals surface area contributed by atoms with Crippen LogP contribution in [0.3, 0.4) is 0 Å². The summed E-state index contributed by atoms with van der Waals surface area (Å²) < 4.78 is 32.2. The maximum Gasteiger partial charge on any atom is 0.410 e. The van der Waals surface area contributed by atoms with Gasteiger partial charge in [-0.2, -0.15) is 0 Å². The molecule has 0 bridgehead atoms. The van der Waals surface area contributed by atoms with Gasteiger partial charge in [0, 0.05) is 12.6 Å². The molecule has 0 atom stereocenters. The van der Waals surface area contributed by atoms with E-state index in [0.717, 1.165) is 44.5 Å². The number of hydrogen-bond acceptors (Lipinski definition) is 3. The van der Waals surface area contributed by atoms with Crippen molar-refractivity contribution in [1.29, 1.82) is 0 Å². The van der Waals surface area contributed by atoms with E-state index in [9.17, 15) is 13.6 Å². The van der Waals surface area contributed by atoms with Crippen molar-refractivity contribution < 1.29 is 18.3 Å². The molecule has 130 valence electrons. The van der Waals surface area contributed by atoms with Crippen LogP contribution in [0.5, 0.6) is 0 Å². The van der Waals surface area contributed by atoms with Crippen LogP contribution in [-0.4, -0.2) is 36.7 Å². The minimum Gasteiger partial charge on any atom is -0.444 e. The van der Waals surface area contributed by atoms with E-state index >= 15 is 0 Å². The summed E-state index contributed by atoms with van der Waals surface area (Å²) in [6, 6.07) is 3.72. The number of hydrogen-bond donors (Lipinski definition) is 1. The highest BCUT2D eigenvalue weighted by Gasteiger charge is 2.26. The topological polar surface area (TPSA) is 41.6 Å². The quantitative estimate of drug-likeness (QED) is 0.885. The first-order valence-electron chi connectivity index (χ1n) is 7.70. The number of nitrogens with one attached hydrogen (secondary N) is 1. The van der Waals surface area contributed by atoms with Gasteiger partial charge in [0.2, 0.25) is 0 Å². The fourth-order valence-corrected chi connectivity index (χ4v) is 2.67. The van der Waals surface area contributed by atoms with Crippen LogP contribution in [0, 0.1) is 11.6 Å². The largest absolute Gasteiger partial charge is 0.444 e. The van der Waals surface area contributed by atoms with Crippen LogP contribution in [0.25, 0.3) is 0 Å². The number of benzene rings is 1. The Balaban J connectivity index is 0.00000264. The molecular weight excluding hydrogens is 326 g/mol. The summed E-state index contributed by atoms with van der Waals surface area (Å²) in [6.45, 7) is 3.91. The van der Waals surface area contributed by atoms with E-state index < -0.39 is 17.7 Å². The maximum atomic E-state index is 13.6. The number of halogens is 3. The summed E-state index contributed by atoms with van der Waals surface area (Å²) in [6.07, 6.45) is 2.04. The van der Waals surface area contributed by atoms with Gasteiger partial charge in [0.1, 0.15) is 18.2 Å². The molecule has 2 rings (SSSR count). The van der Waals surface area contributed by atoms with Gasteiger partial charge in [-0.1, -0.05) is 13.0 Å². The minimum absolute atomic E-state index is 0.